The van der Waals surface area contributed by atoms with E-state index in [9.17, 15) is 4.79 Å². The van der Waals surface area contributed by atoms with E-state index in [0.717, 1.165) is 37.8 Å². The zero-order chi connectivity index (χ0) is 11.8. The van der Waals surface area contributed by atoms with E-state index in [1.54, 1.807) is 4.90 Å². The second kappa shape index (κ2) is 7.55. The predicted octanol–water partition coefficient (Wildman–Crippen LogP) is 3.15. The molecule has 1 fully saturated rings. The summed E-state index contributed by atoms with van der Waals surface area (Å²) in [5.41, 5.74) is 0. The van der Waals surface area contributed by atoms with Crippen LogP contribution in [0.4, 0.5) is 4.79 Å². The number of methoxy groups -OCH3 is 1. The standard InChI is InChI=1S/C10H19NO2.C2H6/c1-8(2)9-4-6-11(7-5-9)10(12)13-3;1-2/h8-9H,4-7H2,1-3H3;1-2H3. The monoisotopic (exact) mass is 215 g/mol. The SMILES string of the molecule is CC.COC(=O)N1CCC(C(C)C)CC1. The minimum Gasteiger partial charge on any atom is -0.453 e. The van der Waals surface area contributed by atoms with Gasteiger partial charge in [0.2, 0.25) is 0 Å². The van der Waals surface area contributed by atoms with E-state index in [2.05, 4.69) is 18.6 Å². The van der Waals surface area contributed by atoms with Gasteiger partial charge in [0.25, 0.3) is 0 Å². The third-order valence-corrected chi connectivity index (χ3v) is 2.92. The minimum absolute atomic E-state index is 0.179. The summed E-state index contributed by atoms with van der Waals surface area (Å²) in [5.74, 6) is 1.51. The molecule has 90 valence electrons. The molecule has 0 radical (unpaired) electrons. The van der Waals surface area contributed by atoms with Crippen LogP contribution < -0.4 is 0 Å². The van der Waals surface area contributed by atoms with E-state index in [1.807, 2.05) is 13.8 Å². The summed E-state index contributed by atoms with van der Waals surface area (Å²) in [6.07, 6.45) is 2.06. The topological polar surface area (TPSA) is 29.5 Å². The van der Waals surface area contributed by atoms with Crippen molar-refractivity contribution in [3.05, 3.63) is 0 Å². The molecular weight excluding hydrogens is 190 g/mol. The second-order valence-corrected chi connectivity index (χ2v) is 4.04. The lowest BCUT2D eigenvalue weighted by Crippen LogP contribution is -2.39. The van der Waals surface area contributed by atoms with E-state index >= 15 is 0 Å². The van der Waals surface area contributed by atoms with Gasteiger partial charge in [0.1, 0.15) is 0 Å². The van der Waals surface area contributed by atoms with E-state index in [4.69, 9.17) is 0 Å². The van der Waals surface area contributed by atoms with Crippen LogP contribution in [0.25, 0.3) is 0 Å². The van der Waals surface area contributed by atoms with Crippen LogP contribution in [0.3, 0.4) is 0 Å². The molecule has 1 saturated heterocycles. The van der Waals surface area contributed by atoms with E-state index in [1.165, 1.54) is 7.11 Å². The smallest absolute Gasteiger partial charge is 0.409 e. The molecule has 0 aromatic carbocycles. The summed E-state index contributed by atoms with van der Waals surface area (Å²) in [4.78, 5) is 12.9. The Morgan fingerprint density at radius 3 is 2.07 bits per heavy atom. The highest BCUT2D eigenvalue weighted by atomic mass is 16.5. The van der Waals surface area contributed by atoms with Crippen LogP contribution >= 0.6 is 0 Å². The van der Waals surface area contributed by atoms with Crippen LogP contribution in [0, 0.1) is 11.8 Å². The maximum Gasteiger partial charge on any atom is 0.409 e. The van der Waals surface area contributed by atoms with Crippen LogP contribution in [0.1, 0.15) is 40.5 Å². The molecule has 0 bridgehead atoms. The van der Waals surface area contributed by atoms with Gasteiger partial charge in [0.15, 0.2) is 0 Å². The molecule has 0 aromatic heterocycles. The Morgan fingerprint density at radius 2 is 1.73 bits per heavy atom. The zero-order valence-electron chi connectivity index (χ0n) is 10.7. The number of piperidine rings is 1. The van der Waals surface area contributed by atoms with E-state index in [0.29, 0.717) is 0 Å². The Hall–Kier alpha value is -0.730. The molecule has 0 atom stereocenters. The normalized spacial score (nSPS) is 17.1. The Bertz CT molecular complexity index is 172. The number of nitrogens with zero attached hydrogens (tertiary/aromatic N) is 1. The molecule has 1 amide bonds. The number of carbonyl (C=O) groups is 1. The van der Waals surface area contributed by atoms with E-state index in [-0.39, 0.29) is 6.09 Å². The van der Waals surface area contributed by atoms with Crippen LogP contribution in [0.5, 0.6) is 0 Å². The quantitative estimate of drug-likeness (QED) is 0.672. The molecule has 0 unspecified atom stereocenters. The molecule has 0 aromatic rings. The molecule has 0 aliphatic carbocycles. The highest BCUT2D eigenvalue weighted by Crippen LogP contribution is 2.24. The molecule has 0 spiro atoms. The average molecular weight is 215 g/mol. The number of likely N-dealkylation sites (tertiary alicyclic amines) is 1. The largest absolute Gasteiger partial charge is 0.453 e. The zero-order valence-corrected chi connectivity index (χ0v) is 10.7. The van der Waals surface area contributed by atoms with Gasteiger partial charge in [-0.15, -0.1) is 0 Å². The van der Waals surface area contributed by atoms with Crippen molar-refractivity contribution in [2.24, 2.45) is 11.8 Å². The Balaban J connectivity index is 0.000000921. The second-order valence-electron chi connectivity index (χ2n) is 4.04. The lowest BCUT2D eigenvalue weighted by atomic mass is 9.87. The lowest BCUT2D eigenvalue weighted by molar-refractivity contribution is 0.0994. The van der Waals surface area contributed by atoms with Gasteiger partial charge in [-0.05, 0) is 24.7 Å². The maximum absolute atomic E-state index is 11.1. The molecule has 3 heteroatoms. The van der Waals surface area contributed by atoms with Crippen LogP contribution in [-0.2, 0) is 4.74 Å². The fourth-order valence-corrected chi connectivity index (χ4v) is 1.88. The van der Waals surface area contributed by atoms with Gasteiger partial charge in [0.05, 0.1) is 7.11 Å². The Labute approximate surface area is 93.8 Å². The van der Waals surface area contributed by atoms with Gasteiger partial charge in [0, 0.05) is 13.1 Å². The van der Waals surface area contributed by atoms with E-state index < -0.39 is 0 Å². The van der Waals surface area contributed by atoms with Gasteiger partial charge in [-0.2, -0.15) is 0 Å². The lowest BCUT2D eigenvalue weighted by Gasteiger charge is -2.32. The summed E-state index contributed by atoms with van der Waals surface area (Å²) in [7, 11) is 1.44. The molecule has 1 rings (SSSR count). The Morgan fingerprint density at radius 1 is 1.27 bits per heavy atom. The number of hydrogen-bond donors (Lipinski definition) is 0. The number of rotatable bonds is 1. The summed E-state index contributed by atoms with van der Waals surface area (Å²) >= 11 is 0. The number of amides is 1. The molecule has 1 aliphatic rings. The minimum atomic E-state index is -0.179. The fourth-order valence-electron chi connectivity index (χ4n) is 1.88. The number of carbonyl (C=O) groups excluding carboxylic acids is 1. The molecule has 1 aliphatic heterocycles. The van der Waals surface area contributed by atoms with Crippen molar-refractivity contribution < 1.29 is 9.53 Å². The Kier molecular flexibility index (Phi) is 7.18. The molecular formula is C12H25NO2. The van der Waals surface area contributed by atoms with Gasteiger partial charge < -0.3 is 9.64 Å². The number of hydrogen-bond acceptors (Lipinski definition) is 2. The van der Waals surface area contributed by atoms with Crippen molar-refractivity contribution in [2.45, 2.75) is 40.5 Å². The first-order valence-corrected chi connectivity index (χ1v) is 5.98. The average Bonchev–Trinajstić information content (AvgIpc) is 2.31. The fraction of sp³-hybridized carbons (Fsp3) is 0.917. The highest BCUT2D eigenvalue weighted by Gasteiger charge is 2.24. The number of ether oxygens (including phenoxy) is 1. The first-order chi connectivity index (χ1) is 7.15. The van der Waals surface area contributed by atoms with Crippen molar-refractivity contribution in [3.63, 3.8) is 0 Å². The highest BCUT2D eigenvalue weighted by molar-refractivity contribution is 5.67. The third kappa shape index (κ3) is 4.54. The van der Waals surface area contributed by atoms with Gasteiger partial charge in [-0.1, -0.05) is 27.7 Å². The summed E-state index contributed by atoms with van der Waals surface area (Å²) in [6, 6.07) is 0. The summed E-state index contributed by atoms with van der Waals surface area (Å²) in [5, 5.41) is 0. The summed E-state index contributed by atoms with van der Waals surface area (Å²) in [6.45, 7) is 10.2. The molecule has 15 heavy (non-hydrogen) atoms. The molecule has 0 saturated carbocycles. The summed E-state index contributed by atoms with van der Waals surface area (Å²) < 4.78 is 4.67. The maximum atomic E-state index is 11.1. The van der Waals surface area contributed by atoms with Gasteiger partial charge in [-0.3, -0.25) is 0 Å². The van der Waals surface area contributed by atoms with Crippen molar-refractivity contribution in [3.8, 4) is 0 Å². The third-order valence-electron chi connectivity index (χ3n) is 2.92. The van der Waals surface area contributed by atoms with Crippen molar-refractivity contribution in [1.82, 2.24) is 4.90 Å². The first-order valence-electron chi connectivity index (χ1n) is 5.98. The van der Waals surface area contributed by atoms with Crippen LogP contribution in [-0.4, -0.2) is 31.2 Å². The van der Waals surface area contributed by atoms with Crippen LogP contribution in [0.2, 0.25) is 0 Å². The molecule has 3 nitrogen and oxygen atoms in total. The first kappa shape index (κ1) is 14.3. The predicted molar refractivity (Wildman–Crippen MR) is 62.9 cm³/mol. The molecule has 0 N–H and O–H groups in total. The molecule has 1 heterocycles. The van der Waals surface area contributed by atoms with Crippen molar-refractivity contribution in [1.29, 1.82) is 0 Å². The van der Waals surface area contributed by atoms with Crippen molar-refractivity contribution in [2.75, 3.05) is 20.2 Å². The van der Waals surface area contributed by atoms with Gasteiger partial charge >= 0.3 is 6.09 Å². The van der Waals surface area contributed by atoms with Crippen LogP contribution in [0.15, 0.2) is 0 Å². The van der Waals surface area contributed by atoms with Gasteiger partial charge in [-0.25, -0.2) is 4.79 Å². The van der Waals surface area contributed by atoms with Crippen molar-refractivity contribution >= 4 is 6.09 Å².